The molecule has 0 bridgehead atoms. The fourth-order valence-electron chi connectivity index (χ4n) is 2.55. The van der Waals surface area contributed by atoms with Crippen molar-refractivity contribution in [2.75, 3.05) is 26.7 Å². The maximum atomic E-state index is 5.77. The van der Waals surface area contributed by atoms with E-state index in [4.69, 9.17) is 4.74 Å². The Morgan fingerprint density at radius 3 is 3.16 bits per heavy atom. The van der Waals surface area contributed by atoms with Gasteiger partial charge in [-0.2, -0.15) is 0 Å². The molecule has 1 aromatic heterocycles. The third-order valence-corrected chi connectivity index (χ3v) is 3.75. The summed E-state index contributed by atoms with van der Waals surface area (Å²) in [7, 11) is 2.20. The quantitative estimate of drug-likeness (QED) is 0.817. The molecular formula is C15H25N3O. The Bertz CT molecular complexity index is 383. The molecule has 4 heteroatoms. The van der Waals surface area contributed by atoms with Crippen LogP contribution in [-0.2, 0) is 6.54 Å². The summed E-state index contributed by atoms with van der Waals surface area (Å²) < 4.78 is 5.77. The first-order valence-corrected chi connectivity index (χ1v) is 7.28. The summed E-state index contributed by atoms with van der Waals surface area (Å²) in [5, 5.41) is 3.31. The van der Waals surface area contributed by atoms with Gasteiger partial charge in [0.15, 0.2) is 0 Å². The molecule has 19 heavy (non-hydrogen) atoms. The Morgan fingerprint density at radius 2 is 2.42 bits per heavy atom. The molecule has 0 spiro atoms. The van der Waals surface area contributed by atoms with E-state index in [1.165, 1.54) is 24.9 Å². The summed E-state index contributed by atoms with van der Waals surface area (Å²) in [6, 6.07) is 4.74. The molecule has 0 aliphatic carbocycles. The average Bonchev–Trinajstić information content (AvgIpc) is 2.83. The lowest BCUT2D eigenvalue weighted by Crippen LogP contribution is -2.26. The molecule has 0 saturated carbocycles. The first-order valence-electron chi connectivity index (χ1n) is 7.28. The minimum atomic E-state index is 0.685. The van der Waals surface area contributed by atoms with Crippen molar-refractivity contribution in [2.45, 2.75) is 38.8 Å². The molecule has 1 unspecified atom stereocenters. The number of ether oxygens (including phenoxy) is 1. The van der Waals surface area contributed by atoms with Crippen molar-refractivity contribution in [1.82, 2.24) is 15.2 Å². The van der Waals surface area contributed by atoms with Gasteiger partial charge < -0.3 is 15.0 Å². The van der Waals surface area contributed by atoms with E-state index in [9.17, 15) is 0 Å². The Labute approximate surface area is 116 Å². The van der Waals surface area contributed by atoms with E-state index in [1.54, 1.807) is 0 Å². The second-order valence-corrected chi connectivity index (χ2v) is 5.20. The third kappa shape index (κ3) is 4.48. The van der Waals surface area contributed by atoms with Crippen LogP contribution in [0.1, 0.15) is 31.7 Å². The normalized spacial score (nSPS) is 19.8. The second kappa shape index (κ2) is 7.46. The highest BCUT2D eigenvalue weighted by molar-refractivity contribution is 5.20. The number of hydrogen-bond donors (Lipinski definition) is 1. The van der Waals surface area contributed by atoms with Crippen molar-refractivity contribution in [1.29, 1.82) is 0 Å². The number of nitrogens with one attached hydrogen (secondary N) is 1. The Balaban J connectivity index is 1.75. The van der Waals surface area contributed by atoms with Gasteiger partial charge in [-0.05, 0) is 51.0 Å². The molecule has 106 valence electrons. The largest absolute Gasteiger partial charge is 0.478 e. The van der Waals surface area contributed by atoms with E-state index in [1.807, 2.05) is 18.3 Å². The predicted molar refractivity (Wildman–Crippen MR) is 77.4 cm³/mol. The molecule has 1 aromatic rings. The average molecular weight is 263 g/mol. The molecule has 2 heterocycles. The number of nitrogens with zero attached hydrogens (tertiary/aromatic N) is 2. The van der Waals surface area contributed by atoms with Gasteiger partial charge in [-0.15, -0.1) is 0 Å². The van der Waals surface area contributed by atoms with Crippen molar-refractivity contribution >= 4 is 0 Å². The topological polar surface area (TPSA) is 37.4 Å². The van der Waals surface area contributed by atoms with Crippen LogP contribution in [0.2, 0.25) is 0 Å². The summed E-state index contributed by atoms with van der Waals surface area (Å²) in [6.45, 7) is 5.94. The van der Waals surface area contributed by atoms with Gasteiger partial charge >= 0.3 is 0 Å². The predicted octanol–water partition coefficient (Wildman–Crippen LogP) is 2.05. The second-order valence-electron chi connectivity index (χ2n) is 5.20. The van der Waals surface area contributed by atoms with Crippen LogP contribution >= 0.6 is 0 Å². The highest BCUT2D eigenvalue weighted by Crippen LogP contribution is 2.18. The zero-order chi connectivity index (χ0) is 13.5. The van der Waals surface area contributed by atoms with E-state index in [0.29, 0.717) is 6.04 Å². The molecule has 0 radical (unpaired) electrons. The summed E-state index contributed by atoms with van der Waals surface area (Å²) in [6.07, 6.45) is 5.53. The van der Waals surface area contributed by atoms with Gasteiger partial charge in [-0.25, -0.2) is 4.98 Å². The molecule has 0 aromatic carbocycles. The highest BCUT2D eigenvalue weighted by Gasteiger charge is 2.20. The van der Waals surface area contributed by atoms with Crippen LogP contribution in [0.15, 0.2) is 18.3 Å². The van der Waals surface area contributed by atoms with Gasteiger partial charge in [-0.3, -0.25) is 0 Å². The van der Waals surface area contributed by atoms with Crippen LogP contribution in [0.3, 0.4) is 0 Å². The number of aromatic nitrogens is 1. The molecule has 2 rings (SSSR count). The Morgan fingerprint density at radius 1 is 1.53 bits per heavy atom. The number of rotatable bonds is 7. The monoisotopic (exact) mass is 263 g/mol. The van der Waals surface area contributed by atoms with Gasteiger partial charge in [0.05, 0.1) is 6.61 Å². The van der Waals surface area contributed by atoms with Gasteiger partial charge in [-0.1, -0.05) is 6.92 Å². The summed E-state index contributed by atoms with van der Waals surface area (Å²) in [5.74, 6) is 0.746. The SMILES string of the molecule is CCNCc1ccnc(OCCC2CCCN2C)c1. The maximum Gasteiger partial charge on any atom is 0.213 e. The molecule has 1 aliphatic rings. The van der Waals surface area contributed by atoms with Crippen LogP contribution in [0, 0.1) is 0 Å². The van der Waals surface area contributed by atoms with Crippen LogP contribution in [0.5, 0.6) is 5.88 Å². The number of pyridine rings is 1. The third-order valence-electron chi connectivity index (χ3n) is 3.75. The minimum Gasteiger partial charge on any atom is -0.478 e. The van der Waals surface area contributed by atoms with Crippen LogP contribution in [-0.4, -0.2) is 42.7 Å². The van der Waals surface area contributed by atoms with Crippen LogP contribution < -0.4 is 10.1 Å². The maximum absolute atomic E-state index is 5.77. The first kappa shape index (κ1) is 14.3. The molecular weight excluding hydrogens is 238 g/mol. The number of hydrogen-bond acceptors (Lipinski definition) is 4. The van der Waals surface area contributed by atoms with Crippen LogP contribution in [0.25, 0.3) is 0 Å². The van der Waals surface area contributed by atoms with E-state index in [0.717, 1.165) is 32.0 Å². The summed E-state index contributed by atoms with van der Waals surface area (Å²) in [4.78, 5) is 6.70. The van der Waals surface area contributed by atoms with E-state index >= 15 is 0 Å². The fourth-order valence-corrected chi connectivity index (χ4v) is 2.55. The van der Waals surface area contributed by atoms with Crippen molar-refractivity contribution in [3.8, 4) is 5.88 Å². The first-order chi connectivity index (χ1) is 9.29. The van der Waals surface area contributed by atoms with Gasteiger partial charge in [0.1, 0.15) is 0 Å². The van der Waals surface area contributed by atoms with E-state index in [2.05, 4.69) is 29.2 Å². The molecule has 0 amide bonds. The number of likely N-dealkylation sites (tertiary alicyclic amines) is 1. The molecule has 1 aliphatic heterocycles. The fraction of sp³-hybridized carbons (Fsp3) is 0.667. The Hall–Kier alpha value is -1.13. The lowest BCUT2D eigenvalue weighted by Gasteiger charge is -2.19. The Kier molecular flexibility index (Phi) is 5.61. The lowest BCUT2D eigenvalue weighted by atomic mass is 10.1. The van der Waals surface area contributed by atoms with E-state index in [-0.39, 0.29) is 0 Å². The standard InChI is InChI=1S/C15H25N3O/c1-3-16-12-13-6-8-17-15(11-13)19-10-7-14-5-4-9-18(14)2/h6,8,11,14,16H,3-5,7,9-10,12H2,1-2H3. The van der Waals surface area contributed by atoms with Crippen molar-refractivity contribution in [2.24, 2.45) is 0 Å². The zero-order valence-electron chi connectivity index (χ0n) is 12.1. The summed E-state index contributed by atoms with van der Waals surface area (Å²) >= 11 is 0. The molecule has 1 fully saturated rings. The molecule has 1 saturated heterocycles. The smallest absolute Gasteiger partial charge is 0.213 e. The molecule has 1 N–H and O–H groups in total. The van der Waals surface area contributed by atoms with Gasteiger partial charge in [0, 0.05) is 24.8 Å². The van der Waals surface area contributed by atoms with Gasteiger partial charge in [0.25, 0.3) is 0 Å². The lowest BCUT2D eigenvalue weighted by molar-refractivity contribution is 0.228. The van der Waals surface area contributed by atoms with Crippen LogP contribution in [0.4, 0.5) is 0 Å². The summed E-state index contributed by atoms with van der Waals surface area (Å²) in [5.41, 5.74) is 1.23. The van der Waals surface area contributed by atoms with Crippen molar-refractivity contribution < 1.29 is 4.74 Å². The van der Waals surface area contributed by atoms with E-state index < -0.39 is 0 Å². The molecule has 1 atom stereocenters. The zero-order valence-corrected chi connectivity index (χ0v) is 12.1. The minimum absolute atomic E-state index is 0.685. The van der Waals surface area contributed by atoms with Crippen molar-refractivity contribution in [3.63, 3.8) is 0 Å². The molecule has 4 nitrogen and oxygen atoms in total. The van der Waals surface area contributed by atoms with Gasteiger partial charge in [0.2, 0.25) is 5.88 Å². The highest BCUT2D eigenvalue weighted by atomic mass is 16.5. The van der Waals surface area contributed by atoms with Crippen molar-refractivity contribution in [3.05, 3.63) is 23.9 Å².